The van der Waals surface area contributed by atoms with Gasteiger partial charge in [0, 0.05) is 38.3 Å². The number of halogens is 1. The lowest BCUT2D eigenvalue weighted by molar-refractivity contribution is -0.139. The van der Waals surface area contributed by atoms with Crippen LogP contribution in [0.25, 0.3) is 0 Å². The first-order valence-electron chi connectivity index (χ1n) is 12.4. The molecule has 0 unspecified atom stereocenters. The SMILES string of the molecule is CCN(CC)Cc1cc(C)c(OCC(=O)N2C[C@H](C)N(Cc3ccc(F)cc3)C[C@H]2C)cc1C. The summed E-state index contributed by atoms with van der Waals surface area (Å²) in [5.41, 5.74) is 4.64. The van der Waals surface area contributed by atoms with E-state index in [-0.39, 0.29) is 30.4 Å². The summed E-state index contributed by atoms with van der Waals surface area (Å²) in [6.45, 7) is 17.9. The summed E-state index contributed by atoms with van der Waals surface area (Å²) in [5, 5.41) is 0. The Balaban J connectivity index is 1.57. The third kappa shape index (κ3) is 6.57. The summed E-state index contributed by atoms with van der Waals surface area (Å²) in [6.07, 6.45) is 0. The molecule has 2 aromatic carbocycles. The van der Waals surface area contributed by atoms with Gasteiger partial charge in [0.2, 0.25) is 0 Å². The second-order valence-corrected chi connectivity index (χ2v) is 9.59. The quantitative estimate of drug-likeness (QED) is 0.529. The van der Waals surface area contributed by atoms with Crippen LogP contribution in [0.5, 0.6) is 5.75 Å². The molecular weight excluding hydrogens is 429 g/mol. The highest BCUT2D eigenvalue weighted by atomic mass is 19.1. The lowest BCUT2D eigenvalue weighted by Gasteiger charge is -2.44. The van der Waals surface area contributed by atoms with E-state index >= 15 is 0 Å². The van der Waals surface area contributed by atoms with Crippen LogP contribution in [0.3, 0.4) is 0 Å². The number of ether oxygens (including phenoxy) is 1. The molecule has 2 aromatic rings. The van der Waals surface area contributed by atoms with Gasteiger partial charge in [-0.05, 0) is 81.2 Å². The zero-order valence-corrected chi connectivity index (χ0v) is 21.6. The predicted octanol–water partition coefficient (Wildman–Crippen LogP) is 4.78. The molecule has 1 aliphatic heterocycles. The molecule has 34 heavy (non-hydrogen) atoms. The van der Waals surface area contributed by atoms with Gasteiger partial charge in [0.25, 0.3) is 5.91 Å². The van der Waals surface area contributed by atoms with Gasteiger partial charge in [-0.15, -0.1) is 0 Å². The summed E-state index contributed by atoms with van der Waals surface area (Å²) in [7, 11) is 0. The molecule has 1 amide bonds. The molecule has 0 spiro atoms. The van der Waals surface area contributed by atoms with E-state index < -0.39 is 0 Å². The van der Waals surface area contributed by atoms with E-state index in [1.165, 1.54) is 23.3 Å². The summed E-state index contributed by atoms with van der Waals surface area (Å²) in [4.78, 5) is 19.7. The van der Waals surface area contributed by atoms with Crippen LogP contribution >= 0.6 is 0 Å². The lowest BCUT2D eigenvalue weighted by Crippen LogP contribution is -2.58. The van der Waals surface area contributed by atoms with Crippen LogP contribution in [0, 0.1) is 19.7 Å². The Morgan fingerprint density at radius 2 is 1.71 bits per heavy atom. The van der Waals surface area contributed by atoms with Crippen molar-refractivity contribution in [3.8, 4) is 5.75 Å². The molecule has 1 aliphatic rings. The van der Waals surface area contributed by atoms with Crippen molar-refractivity contribution in [1.29, 1.82) is 0 Å². The average Bonchev–Trinajstić information content (AvgIpc) is 2.81. The van der Waals surface area contributed by atoms with E-state index in [9.17, 15) is 9.18 Å². The summed E-state index contributed by atoms with van der Waals surface area (Å²) >= 11 is 0. The number of piperazine rings is 1. The van der Waals surface area contributed by atoms with Crippen LogP contribution in [0.15, 0.2) is 36.4 Å². The summed E-state index contributed by atoms with van der Waals surface area (Å²) in [5.74, 6) is 0.583. The minimum absolute atomic E-state index is 0.0186. The van der Waals surface area contributed by atoms with Gasteiger partial charge in [-0.25, -0.2) is 4.39 Å². The molecule has 1 fully saturated rings. The van der Waals surface area contributed by atoms with E-state index in [2.05, 4.69) is 56.6 Å². The Hall–Kier alpha value is -2.44. The maximum atomic E-state index is 13.2. The van der Waals surface area contributed by atoms with Crippen LogP contribution in [0.1, 0.15) is 49.9 Å². The zero-order chi connectivity index (χ0) is 24.8. The number of rotatable bonds is 9. The van der Waals surface area contributed by atoms with Gasteiger partial charge in [0.15, 0.2) is 6.61 Å². The molecule has 5 nitrogen and oxygen atoms in total. The highest BCUT2D eigenvalue weighted by Crippen LogP contribution is 2.25. The van der Waals surface area contributed by atoms with Crippen molar-refractivity contribution in [2.45, 2.75) is 66.7 Å². The van der Waals surface area contributed by atoms with E-state index in [0.717, 1.165) is 49.6 Å². The van der Waals surface area contributed by atoms with Crippen molar-refractivity contribution in [1.82, 2.24) is 14.7 Å². The predicted molar refractivity (Wildman–Crippen MR) is 135 cm³/mol. The molecule has 6 heteroatoms. The van der Waals surface area contributed by atoms with Crippen molar-refractivity contribution < 1.29 is 13.9 Å². The molecule has 186 valence electrons. The molecular formula is C28H40FN3O2. The number of carbonyl (C=O) groups is 1. The van der Waals surface area contributed by atoms with Crippen molar-refractivity contribution >= 4 is 5.91 Å². The second-order valence-electron chi connectivity index (χ2n) is 9.59. The number of benzene rings is 2. The van der Waals surface area contributed by atoms with E-state index in [1.54, 1.807) is 0 Å². The Kier molecular flexibility index (Phi) is 9.09. The van der Waals surface area contributed by atoms with Crippen LogP contribution in [-0.4, -0.2) is 65.5 Å². The molecule has 0 aliphatic carbocycles. The number of hydrogen-bond acceptors (Lipinski definition) is 4. The number of amides is 1. The van der Waals surface area contributed by atoms with Gasteiger partial charge in [-0.2, -0.15) is 0 Å². The normalized spacial score (nSPS) is 19.0. The van der Waals surface area contributed by atoms with Crippen molar-refractivity contribution in [3.05, 3.63) is 64.5 Å². The van der Waals surface area contributed by atoms with Crippen molar-refractivity contribution in [2.75, 3.05) is 32.8 Å². The molecule has 0 N–H and O–H groups in total. The highest BCUT2D eigenvalue weighted by Gasteiger charge is 2.32. The lowest BCUT2D eigenvalue weighted by atomic mass is 10.0. The first-order chi connectivity index (χ1) is 16.2. The Labute approximate surface area is 204 Å². The van der Waals surface area contributed by atoms with Gasteiger partial charge in [-0.1, -0.05) is 32.0 Å². The van der Waals surface area contributed by atoms with E-state index in [1.807, 2.05) is 24.0 Å². The molecule has 1 saturated heterocycles. The van der Waals surface area contributed by atoms with Crippen LogP contribution in [0.4, 0.5) is 4.39 Å². The Morgan fingerprint density at radius 1 is 1.03 bits per heavy atom. The van der Waals surface area contributed by atoms with Gasteiger partial charge >= 0.3 is 0 Å². The Morgan fingerprint density at radius 3 is 2.35 bits per heavy atom. The molecule has 0 bridgehead atoms. The highest BCUT2D eigenvalue weighted by molar-refractivity contribution is 5.78. The van der Waals surface area contributed by atoms with Crippen molar-refractivity contribution in [2.24, 2.45) is 0 Å². The van der Waals surface area contributed by atoms with E-state index in [0.29, 0.717) is 6.54 Å². The largest absolute Gasteiger partial charge is 0.483 e. The fourth-order valence-electron chi connectivity index (χ4n) is 4.68. The van der Waals surface area contributed by atoms with Gasteiger partial charge in [0.05, 0.1) is 0 Å². The minimum Gasteiger partial charge on any atom is -0.483 e. The fourth-order valence-corrected chi connectivity index (χ4v) is 4.68. The first kappa shape index (κ1) is 26.2. The molecule has 0 radical (unpaired) electrons. The average molecular weight is 470 g/mol. The standard InChI is InChI=1S/C28H40FN3O2/c1-7-30(8-2)18-25-13-21(4)27(14-20(25)3)34-19-28(33)32-16-22(5)31(15-23(32)6)17-24-9-11-26(29)12-10-24/h9-14,22-23H,7-8,15-19H2,1-6H3/t22-,23+/m0/s1. The molecule has 0 aromatic heterocycles. The molecule has 3 rings (SSSR count). The number of hydrogen-bond donors (Lipinski definition) is 0. The minimum atomic E-state index is -0.218. The molecule has 1 heterocycles. The molecule has 2 atom stereocenters. The monoisotopic (exact) mass is 469 g/mol. The van der Waals surface area contributed by atoms with Gasteiger partial charge in [0.1, 0.15) is 11.6 Å². The van der Waals surface area contributed by atoms with Crippen LogP contribution in [-0.2, 0) is 17.9 Å². The second kappa shape index (κ2) is 11.8. The summed E-state index contributed by atoms with van der Waals surface area (Å²) < 4.78 is 19.2. The van der Waals surface area contributed by atoms with E-state index in [4.69, 9.17) is 4.74 Å². The van der Waals surface area contributed by atoms with Crippen LogP contribution in [0.2, 0.25) is 0 Å². The number of nitrogens with zero attached hydrogens (tertiary/aromatic N) is 3. The molecule has 0 saturated carbocycles. The van der Waals surface area contributed by atoms with Gasteiger partial charge < -0.3 is 9.64 Å². The zero-order valence-electron chi connectivity index (χ0n) is 21.6. The first-order valence-corrected chi connectivity index (χ1v) is 12.4. The van der Waals surface area contributed by atoms with Crippen LogP contribution < -0.4 is 4.74 Å². The Bertz CT molecular complexity index is 959. The topological polar surface area (TPSA) is 36.0 Å². The summed E-state index contributed by atoms with van der Waals surface area (Å²) in [6, 6.07) is 11.2. The number of aryl methyl sites for hydroxylation is 2. The maximum Gasteiger partial charge on any atom is 0.260 e. The smallest absolute Gasteiger partial charge is 0.260 e. The van der Waals surface area contributed by atoms with Gasteiger partial charge in [-0.3, -0.25) is 14.6 Å². The maximum absolute atomic E-state index is 13.2. The third-order valence-corrected chi connectivity index (χ3v) is 7.01. The third-order valence-electron chi connectivity index (χ3n) is 7.01. The number of carbonyl (C=O) groups excluding carboxylic acids is 1. The fraction of sp³-hybridized carbons (Fsp3) is 0.536. The van der Waals surface area contributed by atoms with Crippen molar-refractivity contribution in [3.63, 3.8) is 0 Å².